The molecule has 88 heavy (non-hydrogen) atoms. The molecule has 13 rings (SSSR count). The van der Waals surface area contributed by atoms with Crippen LogP contribution in [0.5, 0.6) is 0 Å². The highest BCUT2D eigenvalue weighted by Crippen LogP contribution is 2.49. The predicted octanol–water partition coefficient (Wildman–Crippen LogP) is 22.3. The third kappa shape index (κ3) is 9.36. The molecular weight excluding hydrogens is 1090 g/mol. The third-order valence-corrected chi connectivity index (χ3v) is 18.1. The Morgan fingerprint density at radius 3 is 0.943 bits per heavy atom. The van der Waals surface area contributed by atoms with Crippen LogP contribution in [0.3, 0.4) is 0 Å². The van der Waals surface area contributed by atoms with Gasteiger partial charge < -0.3 is 9.13 Å². The van der Waals surface area contributed by atoms with E-state index >= 15 is 0 Å². The van der Waals surface area contributed by atoms with E-state index in [4.69, 9.17) is 0 Å². The number of nitriles is 2. The molecule has 0 unspecified atom stereocenters. The van der Waals surface area contributed by atoms with Crippen molar-refractivity contribution in [3.05, 3.63) is 259 Å². The highest BCUT2D eigenvalue weighted by Gasteiger charge is 2.33. The summed E-state index contributed by atoms with van der Waals surface area (Å²) in [5.74, 6) is 0. The Balaban J connectivity index is 1.17. The number of aromatic nitrogens is 2. The Kier molecular flexibility index (Phi) is 13.8. The fraction of sp³-hybridized carbons (Fsp3) is 0.160. The van der Waals surface area contributed by atoms with Gasteiger partial charge in [-0.1, -0.05) is 119 Å². The SMILES string of the molecule is Cc1cc(C)c(-c2ccc3c(c2)c2cc(-c4c(C)cc(C)cc4C)ccc2n3-c2cccc(C#N)c2-c2c(-c3ccc(C(F)(F)F)cc3C#N)cccc2-n2c3ccc(-c4c(C)cc(C)cc4C)cc3c3cc(-c4c(C)cc(C)cc4C)ccc32)c(C)c1. The molecule has 430 valence electrons. The van der Waals surface area contributed by atoms with Crippen LogP contribution in [0.25, 0.3) is 122 Å². The zero-order valence-electron chi connectivity index (χ0n) is 51.7. The molecule has 2 heterocycles. The molecule has 11 aromatic carbocycles. The van der Waals surface area contributed by atoms with Gasteiger partial charge in [-0.15, -0.1) is 0 Å². The first-order valence-electron chi connectivity index (χ1n) is 29.9. The Hall–Kier alpha value is -10.2. The topological polar surface area (TPSA) is 57.4 Å². The molecule has 4 nitrogen and oxygen atoms in total. The monoisotopic (exact) mass is 1150 g/mol. The maximum absolute atomic E-state index is 14.7. The van der Waals surface area contributed by atoms with Gasteiger partial charge in [-0.3, -0.25) is 0 Å². The third-order valence-electron chi connectivity index (χ3n) is 18.1. The molecule has 0 saturated heterocycles. The number of rotatable bonds is 8. The molecule has 0 aliphatic carbocycles. The van der Waals surface area contributed by atoms with E-state index in [0.29, 0.717) is 39.2 Å². The van der Waals surface area contributed by atoms with Crippen LogP contribution in [0.1, 0.15) is 83.5 Å². The Morgan fingerprint density at radius 2 is 0.625 bits per heavy atom. The van der Waals surface area contributed by atoms with Crippen molar-refractivity contribution in [3.8, 4) is 90.3 Å². The average molecular weight is 1150 g/mol. The molecule has 0 bridgehead atoms. The van der Waals surface area contributed by atoms with Gasteiger partial charge in [-0.25, -0.2) is 0 Å². The summed E-state index contributed by atoms with van der Waals surface area (Å²) < 4.78 is 48.6. The van der Waals surface area contributed by atoms with Gasteiger partial charge in [0.2, 0.25) is 0 Å². The number of halogens is 3. The lowest BCUT2D eigenvalue weighted by Crippen LogP contribution is -2.07. The van der Waals surface area contributed by atoms with E-state index in [1.165, 1.54) is 84.0 Å². The molecule has 13 aromatic rings. The predicted molar refractivity (Wildman–Crippen MR) is 359 cm³/mol. The summed E-state index contributed by atoms with van der Waals surface area (Å²) in [7, 11) is 0. The second kappa shape index (κ2) is 21.3. The summed E-state index contributed by atoms with van der Waals surface area (Å²) in [5, 5.41) is 26.7. The summed E-state index contributed by atoms with van der Waals surface area (Å²) in [6, 6.07) is 64.2. The first-order valence-corrected chi connectivity index (χ1v) is 29.9. The minimum absolute atomic E-state index is 0.145. The van der Waals surface area contributed by atoms with Crippen molar-refractivity contribution in [1.82, 2.24) is 9.13 Å². The maximum atomic E-state index is 14.7. The molecular formula is C81H65F3N4. The summed E-state index contributed by atoms with van der Waals surface area (Å²) in [6.45, 7) is 25.8. The second-order valence-corrected chi connectivity index (χ2v) is 24.6. The number of benzene rings is 11. The number of hydrogen-bond donors (Lipinski definition) is 0. The zero-order chi connectivity index (χ0) is 61.9. The van der Waals surface area contributed by atoms with E-state index in [0.717, 1.165) is 89.1 Å². The fourth-order valence-corrected chi connectivity index (χ4v) is 15.1. The van der Waals surface area contributed by atoms with Gasteiger partial charge in [0.15, 0.2) is 0 Å². The maximum Gasteiger partial charge on any atom is 0.416 e. The average Bonchev–Trinajstić information content (AvgIpc) is 1.54. The van der Waals surface area contributed by atoms with Gasteiger partial charge in [0.05, 0.1) is 62.3 Å². The van der Waals surface area contributed by atoms with E-state index < -0.39 is 11.7 Å². The highest BCUT2D eigenvalue weighted by atomic mass is 19.4. The van der Waals surface area contributed by atoms with Crippen LogP contribution in [0.4, 0.5) is 13.2 Å². The number of alkyl halides is 3. The van der Waals surface area contributed by atoms with Crippen LogP contribution >= 0.6 is 0 Å². The molecule has 0 saturated carbocycles. The molecule has 0 N–H and O–H groups in total. The van der Waals surface area contributed by atoms with Crippen molar-refractivity contribution >= 4 is 43.6 Å². The van der Waals surface area contributed by atoms with E-state index in [2.05, 4.69) is 226 Å². The van der Waals surface area contributed by atoms with Gasteiger partial charge in [-0.2, -0.15) is 23.7 Å². The smallest absolute Gasteiger partial charge is 0.309 e. The van der Waals surface area contributed by atoms with Crippen LogP contribution in [0.15, 0.2) is 176 Å². The van der Waals surface area contributed by atoms with Crippen LogP contribution in [0.2, 0.25) is 0 Å². The van der Waals surface area contributed by atoms with Crippen LogP contribution < -0.4 is 0 Å². The normalized spacial score (nSPS) is 11.8. The molecule has 0 atom stereocenters. The molecule has 0 spiro atoms. The Labute approximate surface area is 512 Å². The van der Waals surface area contributed by atoms with Crippen molar-refractivity contribution in [2.45, 2.75) is 89.3 Å². The van der Waals surface area contributed by atoms with Crippen molar-refractivity contribution in [1.29, 1.82) is 10.5 Å². The quantitative estimate of drug-likeness (QED) is 0.152. The molecule has 0 amide bonds. The Morgan fingerprint density at radius 1 is 0.307 bits per heavy atom. The lowest BCUT2D eigenvalue weighted by molar-refractivity contribution is -0.137. The summed E-state index contributed by atoms with van der Waals surface area (Å²) in [5.41, 5.74) is 29.3. The second-order valence-electron chi connectivity index (χ2n) is 24.6. The first-order chi connectivity index (χ1) is 42.1. The standard InChI is InChI=1S/C81H65F3N4/c1-44-29-48(5)75(49(6)30-44)56-19-25-69-65(38-56)66-39-57(76-50(7)31-45(2)32-51(76)8)20-26-70(66)87(69)73-17-13-15-60(42-85)79(73)80-64(63-24-23-62(81(82,83)84)37-61(63)43-86)16-14-18-74(80)88-71-27-21-58(77-52(9)33-46(3)34-53(77)10)40-67(71)68-41-59(22-28-72(68)88)78-54(11)35-47(4)36-55(78)12/h13-41H,1-12H3. The largest absolute Gasteiger partial charge is 0.416 e. The molecule has 0 aliphatic rings. The minimum Gasteiger partial charge on any atom is -0.309 e. The fourth-order valence-electron chi connectivity index (χ4n) is 15.1. The molecule has 2 aromatic heterocycles. The van der Waals surface area contributed by atoms with E-state index in [-0.39, 0.29) is 5.56 Å². The molecule has 0 radical (unpaired) electrons. The molecule has 0 aliphatic heterocycles. The summed E-state index contributed by atoms with van der Waals surface area (Å²) >= 11 is 0. The van der Waals surface area contributed by atoms with Gasteiger partial charge in [0.1, 0.15) is 0 Å². The number of fused-ring (bicyclic) bond motifs is 6. The zero-order valence-corrected chi connectivity index (χ0v) is 51.7. The lowest BCUT2D eigenvalue weighted by atomic mass is 9.87. The summed E-state index contributed by atoms with van der Waals surface area (Å²) in [4.78, 5) is 0. The molecule has 7 heteroatoms. The number of hydrogen-bond acceptors (Lipinski definition) is 2. The van der Waals surface area contributed by atoms with E-state index in [9.17, 15) is 23.7 Å². The van der Waals surface area contributed by atoms with Crippen LogP contribution in [-0.2, 0) is 6.18 Å². The van der Waals surface area contributed by atoms with Crippen LogP contribution in [0, 0.1) is 106 Å². The van der Waals surface area contributed by atoms with Gasteiger partial charge in [0.25, 0.3) is 0 Å². The van der Waals surface area contributed by atoms with Crippen LogP contribution in [-0.4, -0.2) is 9.13 Å². The number of aryl methyl sites for hydroxylation is 12. The van der Waals surface area contributed by atoms with Gasteiger partial charge in [-0.05, 0) is 257 Å². The highest BCUT2D eigenvalue weighted by molar-refractivity contribution is 6.15. The molecule has 0 fully saturated rings. The number of nitrogens with zero attached hydrogens (tertiary/aromatic N) is 4. The summed E-state index contributed by atoms with van der Waals surface area (Å²) in [6.07, 6.45) is -4.70. The van der Waals surface area contributed by atoms with E-state index in [1.807, 2.05) is 36.4 Å². The lowest BCUT2D eigenvalue weighted by Gasteiger charge is -2.23. The van der Waals surface area contributed by atoms with Gasteiger partial charge >= 0.3 is 6.18 Å². The van der Waals surface area contributed by atoms with Crippen molar-refractivity contribution < 1.29 is 13.2 Å². The first kappa shape index (κ1) is 56.9. The Bertz CT molecular complexity index is 4920. The van der Waals surface area contributed by atoms with Crippen molar-refractivity contribution in [2.75, 3.05) is 0 Å². The van der Waals surface area contributed by atoms with Crippen molar-refractivity contribution in [3.63, 3.8) is 0 Å². The van der Waals surface area contributed by atoms with E-state index in [1.54, 1.807) is 0 Å². The minimum atomic E-state index is -4.70. The van der Waals surface area contributed by atoms with Gasteiger partial charge in [0, 0.05) is 38.2 Å². The van der Waals surface area contributed by atoms with Crippen molar-refractivity contribution in [2.24, 2.45) is 0 Å².